The predicted octanol–water partition coefficient (Wildman–Crippen LogP) is 9.21. The predicted molar refractivity (Wildman–Crippen MR) is 161 cm³/mol. The molecule has 2 heterocycles. The van der Waals surface area contributed by atoms with Crippen molar-refractivity contribution < 1.29 is 0 Å². The average Bonchev–Trinajstić information content (AvgIpc) is 2.99. The molecule has 2 heteroatoms. The van der Waals surface area contributed by atoms with Gasteiger partial charge in [0.05, 0.1) is 22.4 Å². The van der Waals surface area contributed by atoms with Crippen molar-refractivity contribution in [2.24, 2.45) is 0 Å². The number of fused-ring (bicyclic) bond motifs is 6. The van der Waals surface area contributed by atoms with Crippen molar-refractivity contribution in [3.05, 3.63) is 157 Å². The molecular formula is C36H24N2. The maximum atomic E-state index is 5.02. The van der Waals surface area contributed by atoms with E-state index in [4.69, 9.17) is 9.97 Å². The topological polar surface area (TPSA) is 25.8 Å². The molecule has 0 N–H and O–H groups in total. The minimum atomic E-state index is 0.901. The number of pyridine rings is 2. The molecule has 7 aromatic rings. The summed E-state index contributed by atoms with van der Waals surface area (Å²) in [4.78, 5) is 10.0. The molecule has 2 aromatic heterocycles. The highest BCUT2D eigenvalue weighted by Gasteiger charge is 2.15. The van der Waals surface area contributed by atoms with Crippen molar-refractivity contribution in [3.63, 3.8) is 0 Å². The fourth-order valence-corrected chi connectivity index (χ4v) is 5.41. The Kier molecular flexibility index (Phi) is 5.12. The maximum absolute atomic E-state index is 5.02. The van der Waals surface area contributed by atoms with Gasteiger partial charge in [-0.1, -0.05) is 122 Å². The third kappa shape index (κ3) is 3.50. The second kappa shape index (κ2) is 8.79. The highest BCUT2D eigenvalue weighted by atomic mass is 14.7. The minimum absolute atomic E-state index is 0.901. The molecule has 0 unspecified atom stereocenters. The van der Waals surface area contributed by atoms with Crippen LogP contribution in [-0.2, 0) is 0 Å². The van der Waals surface area contributed by atoms with Crippen molar-refractivity contribution in [2.45, 2.75) is 0 Å². The van der Waals surface area contributed by atoms with E-state index >= 15 is 0 Å². The zero-order chi connectivity index (χ0) is 25.6. The monoisotopic (exact) mass is 484 g/mol. The molecule has 0 saturated heterocycles. The molecule has 2 nitrogen and oxygen atoms in total. The lowest BCUT2D eigenvalue weighted by Gasteiger charge is -2.14. The number of nitrogens with zero attached hydrogens (tertiary/aromatic N) is 2. The van der Waals surface area contributed by atoms with Crippen LogP contribution in [-0.4, -0.2) is 9.97 Å². The highest BCUT2D eigenvalue weighted by molar-refractivity contribution is 6.11. The molecular weight excluding hydrogens is 460 g/mol. The van der Waals surface area contributed by atoms with Crippen molar-refractivity contribution in [3.8, 4) is 0 Å². The lowest BCUT2D eigenvalue weighted by Crippen LogP contribution is -1.96. The van der Waals surface area contributed by atoms with Crippen LogP contribution < -0.4 is 0 Å². The molecule has 0 radical (unpaired) electrons. The number of benzene rings is 5. The first-order valence-corrected chi connectivity index (χ1v) is 12.7. The van der Waals surface area contributed by atoms with Gasteiger partial charge in [0.25, 0.3) is 0 Å². The van der Waals surface area contributed by atoms with Crippen LogP contribution in [0.2, 0.25) is 0 Å². The van der Waals surface area contributed by atoms with E-state index in [2.05, 4.69) is 122 Å². The number of hydrogen-bond acceptors (Lipinski definition) is 2. The summed E-state index contributed by atoms with van der Waals surface area (Å²) in [5.74, 6) is 0. The van der Waals surface area contributed by atoms with Crippen LogP contribution >= 0.6 is 0 Å². The van der Waals surface area contributed by atoms with Crippen LogP contribution in [0.4, 0.5) is 0 Å². The molecule has 0 spiro atoms. The average molecular weight is 485 g/mol. The van der Waals surface area contributed by atoms with E-state index in [0.29, 0.717) is 0 Å². The van der Waals surface area contributed by atoms with Gasteiger partial charge in [0, 0.05) is 32.7 Å². The lowest BCUT2D eigenvalue weighted by atomic mass is 9.94. The zero-order valence-electron chi connectivity index (χ0n) is 20.9. The summed E-state index contributed by atoms with van der Waals surface area (Å²) in [6, 6.07) is 41.8. The molecule has 0 bridgehead atoms. The Balaban J connectivity index is 1.30. The van der Waals surface area contributed by atoms with E-state index in [1.807, 2.05) is 12.1 Å². The summed E-state index contributed by atoms with van der Waals surface area (Å²) in [6.45, 7) is 8.93. The summed E-state index contributed by atoms with van der Waals surface area (Å²) in [7, 11) is 0. The van der Waals surface area contributed by atoms with E-state index in [-0.39, 0.29) is 0 Å². The summed E-state index contributed by atoms with van der Waals surface area (Å²) >= 11 is 0. The Bertz CT molecular complexity index is 1900. The van der Waals surface area contributed by atoms with Crippen LogP contribution in [0.5, 0.6) is 0 Å². The van der Waals surface area contributed by atoms with Crippen LogP contribution in [0.15, 0.2) is 134 Å². The van der Waals surface area contributed by atoms with Crippen LogP contribution in [0.25, 0.3) is 54.5 Å². The van der Waals surface area contributed by atoms with Gasteiger partial charge in [-0.25, -0.2) is 9.97 Å². The quantitative estimate of drug-likeness (QED) is 0.233. The lowest BCUT2D eigenvalue weighted by molar-refractivity contribution is 1.36. The molecule has 38 heavy (non-hydrogen) atoms. The number of rotatable bonds is 4. The zero-order valence-corrected chi connectivity index (χ0v) is 20.9. The van der Waals surface area contributed by atoms with E-state index in [0.717, 1.165) is 66.2 Å². The highest BCUT2D eigenvalue weighted by Crippen LogP contribution is 2.35. The molecule has 0 aliphatic carbocycles. The molecule has 0 atom stereocenters. The Morgan fingerprint density at radius 1 is 0.368 bits per heavy atom. The van der Waals surface area contributed by atoms with Crippen LogP contribution in [0.3, 0.4) is 0 Å². The Morgan fingerprint density at radius 3 is 1.08 bits per heavy atom. The molecule has 7 rings (SSSR count). The number of para-hydroxylation sites is 2. The Labute approximate surface area is 221 Å². The van der Waals surface area contributed by atoms with Gasteiger partial charge < -0.3 is 0 Å². The molecule has 0 aliphatic rings. The van der Waals surface area contributed by atoms with Gasteiger partial charge in [-0.2, -0.15) is 0 Å². The third-order valence-corrected chi connectivity index (χ3v) is 7.37. The Morgan fingerprint density at radius 2 is 0.684 bits per heavy atom. The van der Waals surface area contributed by atoms with Gasteiger partial charge in [0.1, 0.15) is 0 Å². The largest absolute Gasteiger partial charge is 0.247 e. The maximum Gasteiger partial charge on any atom is 0.0788 e. The van der Waals surface area contributed by atoms with Crippen molar-refractivity contribution >= 4 is 54.5 Å². The van der Waals surface area contributed by atoms with Gasteiger partial charge in [0.15, 0.2) is 0 Å². The summed E-state index contributed by atoms with van der Waals surface area (Å²) in [5.41, 5.74) is 7.64. The summed E-state index contributed by atoms with van der Waals surface area (Å²) < 4.78 is 0. The first-order valence-electron chi connectivity index (χ1n) is 12.7. The fraction of sp³-hybridized carbons (Fsp3) is 0. The Hall–Kier alpha value is -5.08. The smallest absolute Gasteiger partial charge is 0.0788 e. The van der Waals surface area contributed by atoms with E-state index in [9.17, 15) is 0 Å². The number of aromatic nitrogens is 2. The van der Waals surface area contributed by atoms with Crippen LogP contribution in [0, 0.1) is 0 Å². The molecule has 178 valence electrons. The normalized spacial score (nSPS) is 11.4. The molecule has 0 amide bonds. The van der Waals surface area contributed by atoms with Crippen molar-refractivity contribution in [1.82, 2.24) is 9.97 Å². The summed E-state index contributed by atoms with van der Waals surface area (Å²) in [6.07, 6.45) is 0. The van der Waals surface area contributed by atoms with Gasteiger partial charge in [-0.15, -0.1) is 0 Å². The first-order chi connectivity index (χ1) is 18.7. The van der Waals surface area contributed by atoms with Gasteiger partial charge in [-0.3, -0.25) is 0 Å². The SMILES string of the molecule is C=C(c1ccc(C(=C)c2nc3ccccc3c3ccccc23)cc1)c1nc2ccccc2c2ccccc12. The number of hydrogen-bond donors (Lipinski definition) is 0. The summed E-state index contributed by atoms with van der Waals surface area (Å²) in [5, 5.41) is 6.90. The third-order valence-electron chi connectivity index (χ3n) is 7.37. The van der Waals surface area contributed by atoms with E-state index in [1.165, 1.54) is 10.8 Å². The standard InChI is InChI=1S/C36H24N2/c1-23(35-31-15-5-3-11-27(31)29-13-7-9-17-33(29)37-35)25-19-21-26(22-20-25)24(2)36-32-16-6-4-12-28(32)30-14-8-10-18-34(30)38-36/h3-22H,1-2H2. The second-order valence-electron chi connectivity index (χ2n) is 9.58. The minimum Gasteiger partial charge on any atom is -0.247 e. The fourth-order valence-electron chi connectivity index (χ4n) is 5.41. The van der Waals surface area contributed by atoms with E-state index in [1.54, 1.807) is 0 Å². The van der Waals surface area contributed by atoms with Crippen LogP contribution in [0.1, 0.15) is 22.5 Å². The second-order valence-corrected chi connectivity index (χ2v) is 9.58. The van der Waals surface area contributed by atoms with Gasteiger partial charge >= 0.3 is 0 Å². The molecule has 5 aromatic carbocycles. The van der Waals surface area contributed by atoms with Crippen molar-refractivity contribution in [2.75, 3.05) is 0 Å². The molecule has 0 fully saturated rings. The molecule has 0 aliphatic heterocycles. The van der Waals surface area contributed by atoms with Gasteiger partial charge in [0.2, 0.25) is 0 Å². The van der Waals surface area contributed by atoms with Gasteiger partial charge in [-0.05, 0) is 34.0 Å². The van der Waals surface area contributed by atoms with E-state index < -0.39 is 0 Å². The molecule has 0 saturated carbocycles. The van der Waals surface area contributed by atoms with Crippen molar-refractivity contribution in [1.29, 1.82) is 0 Å². The first kappa shape index (κ1) is 22.1.